The molecule has 0 aliphatic rings. The summed E-state index contributed by atoms with van der Waals surface area (Å²) in [6.07, 6.45) is 3.61. The summed E-state index contributed by atoms with van der Waals surface area (Å²) in [6.45, 7) is 3.36. The molecule has 0 fully saturated rings. The van der Waals surface area contributed by atoms with Crippen molar-refractivity contribution in [2.75, 3.05) is 11.5 Å². The fraction of sp³-hybridized carbons (Fsp3) is 0.250. The largest absolute Gasteiger partial charge is 0.398 e. The third kappa shape index (κ3) is 3.70. The summed E-state index contributed by atoms with van der Waals surface area (Å²) >= 11 is 1.21. The maximum absolute atomic E-state index is 13.1. The molecule has 2 nitrogen and oxygen atoms in total. The molecule has 2 N–H and O–H groups in total. The van der Waals surface area contributed by atoms with Gasteiger partial charge in [0.05, 0.1) is 0 Å². The number of hydrogen-bond donors (Lipinski definition) is 1. The van der Waals surface area contributed by atoms with Crippen molar-refractivity contribution in [3.8, 4) is 0 Å². The molecule has 16 heavy (non-hydrogen) atoms. The Hall–Kier alpha value is -1.29. The van der Waals surface area contributed by atoms with E-state index in [0.29, 0.717) is 11.4 Å². The molecule has 0 heterocycles. The number of carbonyl (C=O) groups is 1. The number of benzene rings is 1. The molecule has 1 aromatic rings. The highest BCUT2D eigenvalue weighted by Crippen LogP contribution is 2.19. The number of anilines is 1. The van der Waals surface area contributed by atoms with Crippen molar-refractivity contribution in [2.24, 2.45) is 0 Å². The van der Waals surface area contributed by atoms with Crippen LogP contribution in [0.15, 0.2) is 18.2 Å². The van der Waals surface area contributed by atoms with Gasteiger partial charge in [0, 0.05) is 18.4 Å². The lowest BCUT2D eigenvalue weighted by molar-refractivity contribution is -0.109. The number of carbonyl (C=O) groups excluding carboxylic acids is 1. The van der Waals surface area contributed by atoms with E-state index in [9.17, 15) is 9.18 Å². The Labute approximate surface area is 98.7 Å². The summed E-state index contributed by atoms with van der Waals surface area (Å²) in [4.78, 5) is 10.7. The lowest BCUT2D eigenvalue weighted by atomic mass is 10.1. The van der Waals surface area contributed by atoms with Crippen molar-refractivity contribution < 1.29 is 9.18 Å². The van der Waals surface area contributed by atoms with Crippen molar-refractivity contribution in [3.63, 3.8) is 0 Å². The Bertz CT molecular complexity index is 429. The number of halogens is 1. The first-order valence-corrected chi connectivity index (χ1v) is 5.85. The van der Waals surface area contributed by atoms with Crippen LogP contribution in [-0.2, 0) is 4.79 Å². The van der Waals surface area contributed by atoms with Crippen molar-refractivity contribution in [3.05, 3.63) is 35.2 Å². The molecule has 0 aromatic heterocycles. The number of nitrogen functional groups attached to an aromatic ring is 1. The smallest absolute Gasteiger partial charge is 0.186 e. The van der Waals surface area contributed by atoms with Gasteiger partial charge in [-0.25, -0.2) is 4.39 Å². The van der Waals surface area contributed by atoms with Crippen LogP contribution in [-0.4, -0.2) is 10.9 Å². The van der Waals surface area contributed by atoms with Crippen LogP contribution in [0.3, 0.4) is 0 Å². The lowest BCUT2D eigenvalue weighted by Crippen LogP contribution is -1.94. The van der Waals surface area contributed by atoms with Gasteiger partial charge in [0.15, 0.2) is 5.12 Å². The minimum atomic E-state index is -0.345. The van der Waals surface area contributed by atoms with Crippen LogP contribution in [0.25, 0.3) is 6.08 Å². The van der Waals surface area contributed by atoms with Gasteiger partial charge in [-0.05, 0) is 30.2 Å². The first kappa shape index (κ1) is 12.8. The number of hydrogen-bond acceptors (Lipinski definition) is 3. The fourth-order valence-corrected chi connectivity index (χ4v) is 1.66. The van der Waals surface area contributed by atoms with E-state index in [2.05, 4.69) is 0 Å². The van der Waals surface area contributed by atoms with Gasteiger partial charge in [0.25, 0.3) is 0 Å². The van der Waals surface area contributed by atoms with Crippen molar-refractivity contribution in [1.82, 2.24) is 0 Å². The van der Waals surface area contributed by atoms with Gasteiger partial charge in [0.1, 0.15) is 5.82 Å². The maximum Gasteiger partial charge on any atom is 0.186 e. The van der Waals surface area contributed by atoms with E-state index in [1.165, 1.54) is 30.8 Å². The molecule has 0 unspecified atom stereocenters. The summed E-state index contributed by atoms with van der Waals surface area (Å²) in [7, 11) is 0. The third-order valence-corrected chi connectivity index (χ3v) is 2.90. The third-order valence-electron chi connectivity index (χ3n) is 2.13. The van der Waals surface area contributed by atoms with E-state index in [-0.39, 0.29) is 10.9 Å². The van der Waals surface area contributed by atoms with Crippen LogP contribution in [0.1, 0.15) is 18.1 Å². The quantitative estimate of drug-likeness (QED) is 0.824. The molecule has 0 aliphatic heterocycles. The molecule has 0 saturated carbocycles. The van der Waals surface area contributed by atoms with E-state index in [0.717, 1.165) is 11.1 Å². The average Bonchev–Trinajstić information content (AvgIpc) is 2.19. The highest BCUT2D eigenvalue weighted by atomic mass is 32.2. The Balaban J connectivity index is 2.77. The molecule has 0 radical (unpaired) electrons. The molecule has 0 aliphatic carbocycles. The summed E-state index contributed by atoms with van der Waals surface area (Å²) in [6, 6.07) is 2.73. The monoisotopic (exact) mass is 239 g/mol. The molecule has 1 rings (SSSR count). The topological polar surface area (TPSA) is 43.1 Å². The van der Waals surface area contributed by atoms with Gasteiger partial charge in [-0.1, -0.05) is 23.9 Å². The predicted octanol–water partition coefficient (Wildman–Crippen LogP) is 3.01. The molecule has 86 valence electrons. The molecular formula is C12H14FNOS. The van der Waals surface area contributed by atoms with Gasteiger partial charge < -0.3 is 5.73 Å². The zero-order chi connectivity index (χ0) is 12.1. The predicted molar refractivity (Wildman–Crippen MR) is 67.7 cm³/mol. The van der Waals surface area contributed by atoms with Crippen LogP contribution < -0.4 is 5.73 Å². The summed E-state index contributed by atoms with van der Waals surface area (Å²) in [5, 5.41) is 0.0696. The normalized spacial score (nSPS) is 10.9. The van der Waals surface area contributed by atoms with Gasteiger partial charge in [-0.2, -0.15) is 0 Å². The molecular weight excluding hydrogens is 225 g/mol. The first-order valence-electron chi connectivity index (χ1n) is 4.86. The van der Waals surface area contributed by atoms with Crippen LogP contribution in [0.2, 0.25) is 0 Å². The average molecular weight is 239 g/mol. The van der Waals surface area contributed by atoms with E-state index in [1.807, 2.05) is 13.0 Å². The molecule has 0 amide bonds. The van der Waals surface area contributed by atoms with E-state index in [1.54, 1.807) is 6.08 Å². The zero-order valence-electron chi connectivity index (χ0n) is 9.29. The second kappa shape index (κ2) is 5.70. The Morgan fingerprint density at radius 1 is 1.56 bits per heavy atom. The molecule has 0 atom stereocenters. The Kier molecular flexibility index (Phi) is 4.55. The van der Waals surface area contributed by atoms with Crippen molar-refractivity contribution in [2.45, 2.75) is 13.8 Å². The molecule has 4 heteroatoms. The van der Waals surface area contributed by atoms with E-state index < -0.39 is 0 Å². The standard InChI is InChI=1S/C12H14FNOS/c1-8-10(4-3-5-16-9(2)15)6-11(13)7-12(8)14/h3-4,6-7H,5,14H2,1-2H3. The van der Waals surface area contributed by atoms with Gasteiger partial charge in [-0.15, -0.1) is 0 Å². The second-order valence-corrected chi connectivity index (χ2v) is 4.61. The molecule has 0 bridgehead atoms. The van der Waals surface area contributed by atoms with Gasteiger partial charge in [-0.3, -0.25) is 4.79 Å². The van der Waals surface area contributed by atoms with Gasteiger partial charge >= 0.3 is 0 Å². The summed E-state index contributed by atoms with van der Waals surface area (Å²) in [5.74, 6) is 0.243. The van der Waals surface area contributed by atoms with E-state index >= 15 is 0 Å². The Morgan fingerprint density at radius 3 is 2.88 bits per heavy atom. The highest BCUT2D eigenvalue weighted by molar-refractivity contribution is 8.13. The molecule has 0 spiro atoms. The summed E-state index contributed by atoms with van der Waals surface area (Å²) < 4.78 is 13.1. The van der Waals surface area contributed by atoms with Crippen molar-refractivity contribution >= 4 is 28.6 Å². The first-order chi connectivity index (χ1) is 7.50. The van der Waals surface area contributed by atoms with Crippen LogP contribution >= 0.6 is 11.8 Å². The van der Waals surface area contributed by atoms with Gasteiger partial charge in [0.2, 0.25) is 0 Å². The van der Waals surface area contributed by atoms with Crippen LogP contribution in [0.5, 0.6) is 0 Å². The van der Waals surface area contributed by atoms with Crippen LogP contribution in [0, 0.1) is 12.7 Å². The minimum Gasteiger partial charge on any atom is -0.398 e. The number of rotatable bonds is 3. The second-order valence-electron chi connectivity index (χ2n) is 3.41. The number of thioether (sulfide) groups is 1. The zero-order valence-corrected chi connectivity index (χ0v) is 10.1. The molecule has 1 aromatic carbocycles. The lowest BCUT2D eigenvalue weighted by Gasteiger charge is -2.04. The molecule has 0 saturated heterocycles. The maximum atomic E-state index is 13.1. The fourth-order valence-electron chi connectivity index (χ4n) is 1.24. The highest BCUT2D eigenvalue weighted by Gasteiger charge is 2.02. The summed E-state index contributed by atoms with van der Waals surface area (Å²) in [5.41, 5.74) is 7.69. The number of nitrogens with two attached hydrogens (primary N) is 1. The Morgan fingerprint density at radius 2 is 2.25 bits per heavy atom. The van der Waals surface area contributed by atoms with Crippen molar-refractivity contribution in [1.29, 1.82) is 0 Å². The SMILES string of the molecule is CC(=O)SCC=Cc1cc(F)cc(N)c1C. The van der Waals surface area contributed by atoms with Crippen LogP contribution in [0.4, 0.5) is 10.1 Å². The minimum absolute atomic E-state index is 0.0696. The van der Waals surface area contributed by atoms with E-state index in [4.69, 9.17) is 5.73 Å².